The number of ether oxygens (including phenoxy) is 1. The van der Waals surface area contributed by atoms with Crippen LogP contribution in [0.3, 0.4) is 0 Å². The number of hydrogen-bond acceptors (Lipinski definition) is 4. The Kier molecular flexibility index (Phi) is 5.99. The van der Waals surface area contributed by atoms with Crippen molar-refractivity contribution in [1.82, 2.24) is 0 Å². The number of rotatable bonds is 6. The van der Waals surface area contributed by atoms with Gasteiger partial charge in [-0.25, -0.2) is 4.79 Å². The fraction of sp³-hybridized carbons (Fsp3) is 0.533. The summed E-state index contributed by atoms with van der Waals surface area (Å²) in [5.41, 5.74) is 7.23. The highest BCUT2D eigenvalue weighted by Gasteiger charge is 2.18. The Morgan fingerprint density at radius 1 is 1.37 bits per heavy atom. The second-order valence-corrected chi connectivity index (χ2v) is 5.18. The fourth-order valence-corrected chi connectivity index (χ4v) is 1.90. The quantitative estimate of drug-likeness (QED) is 0.774. The van der Waals surface area contributed by atoms with Gasteiger partial charge in [-0.3, -0.25) is 0 Å². The Labute approximate surface area is 114 Å². The van der Waals surface area contributed by atoms with Gasteiger partial charge >= 0.3 is 5.97 Å². The minimum Gasteiger partial charge on any atom is -0.465 e. The predicted octanol–water partition coefficient (Wildman–Crippen LogP) is 2.27. The van der Waals surface area contributed by atoms with Crippen LogP contribution in [0, 0.1) is 5.92 Å². The van der Waals surface area contributed by atoms with Crippen molar-refractivity contribution < 1.29 is 14.6 Å². The molecule has 0 aromatic heterocycles. The van der Waals surface area contributed by atoms with Crippen LogP contribution in [0.4, 0.5) is 0 Å². The number of methoxy groups -OCH3 is 1. The maximum absolute atomic E-state index is 11.4. The highest BCUT2D eigenvalue weighted by Crippen LogP contribution is 2.20. The molecule has 1 aromatic carbocycles. The molecular formula is C15H23NO3. The smallest absolute Gasteiger partial charge is 0.337 e. The van der Waals surface area contributed by atoms with E-state index in [1.165, 1.54) is 7.11 Å². The number of benzene rings is 1. The molecular weight excluding hydrogens is 242 g/mol. The van der Waals surface area contributed by atoms with Crippen molar-refractivity contribution >= 4 is 5.97 Å². The topological polar surface area (TPSA) is 72.5 Å². The number of aliphatic hydroxyl groups excluding tert-OH is 1. The highest BCUT2D eigenvalue weighted by molar-refractivity contribution is 5.89. The second-order valence-electron chi connectivity index (χ2n) is 5.18. The summed E-state index contributed by atoms with van der Waals surface area (Å²) in [5.74, 6) is 0.133. The molecule has 0 amide bonds. The molecule has 1 rings (SSSR count). The van der Waals surface area contributed by atoms with Crippen LogP contribution in [0.1, 0.15) is 48.7 Å². The second kappa shape index (κ2) is 7.26. The lowest BCUT2D eigenvalue weighted by atomic mass is 9.95. The Hall–Kier alpha value is -1.39. The number of aliphatic hydroxyl groups is 1. The lowest BCUT2D eigenvalue weighted by Gasteiger charge is -2.20. The molecule has 0 aliphatic rings. The van der Waals surface area contributed by atoms with E-state index in [1.807, 2.05) is 6.07 Å². The van der Waals surface area contributed by atoms with Crippen LogP contribution < -0.4 is 5.73 Å². The SMILES string of the molecule is COC(=O)c1cccc([C@@H](N)[C@@H](O)CCC(C)C)c1. The van der Waals surface area contributed by atoms with Gasteiger partial charge in [0.25, 0.3) is 0 Å². The van der Waals surface area contributed by atoms with Gasteiger partial charge in [-0.1, -0.05) is 26.0 Å². The van der Waals surface area contributed by atoms with Crippen molar-refractivity contribution in [2.45, 2.75) is 38.8 Å². The lowest BCUT2D eigenvalue weighted by Crippen LogP contribution is -2.26. The third-order valence-electron chi connectivity index (χ3n) is 3.15. The Morgan fingerprint density at radius 3 is 2.63 bits per heavy atom. The number of carbonyl (C=O) groups excluding carboxylic acids is 1. The first kappa shape index (κ1) is 15.7. The summed E-state index contributed by atoms with van der Waals surface area (Å²) in [6.07, 6.45) is 0.975. The molecule has 4 nitrogen and oxygen atoms in total. The van der Waals surface area contributed by atoms with E-state index in [1.54, 1.807) is 18.2 Å². The molecule has 0 spiro atoms. The number of hydrogen-bond donors (Lipinski definition) is 2. The molecule has 0 bridgehead atoms. The maximum atomic E-state index is 11.4. The molecule has 19 heavy (non-hydrogen) atoms. The van der Waals surface area contributed by atoms with E-state index in [0.717, 1.165) is 12.0 Å². The lowest BCUT2D eigenvalue weighted by molar-refractivity contribution is 0.0600. The number of carbonyl (C=O) groups is 1. The van der Waals surface area contributed by atoms with Crippen LogP contribution in [0.2, 0.25) is 0 Å². The van der Waals surface area contributed by atoms with Crippen molar-refractivity contribution in [1.29, 1.82) is 0 Å². The van der Waals surface area contributed by atoms with Crippen LogP contribution >= 0.6 is 0 Å². The maximum Gasteiger partial charge on any atom is 0.337 e. The Bertz CT molecular complexity index is 418. The van der Waals surface area contributed by atoms with E-state index < -0.39 is 18.1 Å². The predicted molar refractivity (Wildman–Crippen MR) is 74.8 cm³/mol. The van der Waals surface area contributed by atoms with E-state index in [0.29, 0.717) is 17.9 Å². The van der Waals surface area contributed by atoms with E-state index in [9.17, 15) is 9.90 Å². The summed E-state index contributed by atoms with van der Waals surface area (Å²) in [6.45, 7) is 4.21. The summed E-state index contributed by atoms with van der Waals surface area (Å²) in [4.78, 5) is 11.4. The van der Waals surface area contributed by atoms with Crippen molar-refractivity contribution in [3.05, 3.63) is 35.4 Å². The van der Waals surface area contributed by atoms with E-state index in [4.69, 9.17) is 5.73 Å². The first-order chi connectivity index (χ1) is 8.95. The standard InChI is InChI=1S/C15H23NO3/c1-10(2)7-8-13(17)14(16)11-5-4-6-12(9-11)15(18)19-3/h4-6,9-10,13-14,17H,7-8,16H2,1-3H3/t13-,14+/m0/s1. The van der Waals surface area contributed by atoms with Gasteiger partial charge in [0.05, 0.1) is 24.8 Å². The summed E-state index contributed by atoms with van der Waals surface area (Å²) in [5, 5.41) is 10.1. The van der Waals surface area contributed by atoms with Crippen molar-refractivity contribution in [3.63, 3.8) is 0 Å². The van der Waals surface area contributed by atoms with Crippen molar-refractivity contribution in [2.75, 3.05) is 7.11 Å². The Balaban J connectivity index is 2.76. The first-order valence-electron chi connectivity index (χ1n) is 6.57. The molecule has 0 heterocycles. The van der Waals surface area contributed by atoms with E-state index in [-0.39, 0.29) is 0 Å². The molecule has 0 fully saturated rings. The van der Waals surface area contributed by atoms with Gasteiger partial charge in [0.15, 0.2) is 0 Å². The van der Waals surface area contributed by atoms with Gasteiger partial charge in [-0.15, -0.1) is 0 Å². The minimum atomic E-state index is -0.602. The Morgan fingerprint density at radius 2 is 2.05 bits per heavy atom. The number of esters is 1. The summed E-state index contributed by atoms with van der Waals surface area (Å²) < 4.78 is 4.67. The molecule has 0 aliphatic carbocycles. The molecule has 0 saturated heterocycles. The zero-order chi connectivity index (χ0) is 14.4. The van der Waals surface area contributed by atoms with Crippen molar-refractivity contribution in [2.24, 2.45) is 11.7 Å². The van der Waals surface area contributed by atoms with Gasteiger partial charge in [0, 0.05) is 0 Å². The average molecular weight is 265 g/mol. The van der Waals surface area contributed by atoms with Crippen LogP contribution in [0.5, 0.6) is 0 Å². The summed E-state index contributed by atoms with van der Waals surface area (Å²) in [6, 6.07) is 6.42. The molecule has 0 radical (unpaired) electrons. The normalized spacial score (nSPS) is 14.2. The van der Waals surface area contributed by atoms with Gasteiger partial charge in [-0.05, 0) is 36.5 Å². The van der Waals surface area contributed by atoms with Gasteiger partial charge in [0.1, 0.15) is 0 Å². The third-order valence-corrected chi connectivity index (χ3v) is 3.15. The fourth-order valence-electron chi connectivity index (χ4n) is 1.90. The third kappa shape index (κ3) is 4.65. The van der Waals surface area contributed by atoms with Crippen LogP contribution in [-0.2, 0) is 4.74 Å². The summed E-state index contributed by atoms with van der Waals surface area (Å²) >= 11 is 0. The molecule has 1 aromatic rings. The molecule has 0 saturated carbocycles. The molecule has 106 valence electrons. The van der Waals surface area contributed by atoms with Crippen LogP contribution in [0.15, 0.2) is 24.3 Å². The number of nitrogens with two attached hydrogens (primary N) is 1. The molecule has 4 heteroatoms. The van der Waals surface area contributed by atoms with E-state index >= 15 is 0 Å². The van der Waals surface area contributed by atoms with Crippen LogP contribution in [0.25, 0.3) is 0 Å². The molecule has 2 atom stereocenters. The summed E-state index contributed by atoms with van der Waals surface area (Å²) in [7, 11) is 1.34. The molecule has 0 aliphatic heterocycles. The zero-order valence-corrected chi connectivity index (χ0v) is 11.8. The first-order valence-corrected chi connectivity index (χ1v) is 6.57. The average Bonchev–Trinajstić information content (AvgIpc) is 2.43. The largest absolute Gasteiger partial charge is 0.465 e. The highest BCUT2D eigenvalue weighted by atomic mass is 16.5. The van der Waals surface area contributed by atoms with Gasteiger partial charge in [0.2, 0.25) is 0 Å². The van der Waals surface area contributed by atoms with Gasteiger partial charge in [-0.2, -0.15) is 0 Å². The van der Waals surface area contributed by atoms with Gasteiger partial charge < -0.3 is 15.6 Å². The van der Waals surface area contributed by atoms with E-state index in [2.05, 4.69) is 18.6 Å². The monoisotopic (exact) mass is 265 g/mol. The minimum absolute atomic E-state index is 0.397. The zero-order valence-electron chi connectivity index (χ0n) is 11.8. The molecule has 0 unspecified atom stereocenters. The van der Waals surface area contributed by atoms with Crippen molar-refractivity contribution in [3.8, 4) is 0 Å². The van der Waals surface area contributed by atoms with Crippen LogP contribution in [-0.4, -0.2) is 24.3 Å². The molecule has 3 N–H and O–H groups in total.